The van der Waals surface area contributed by atoms with Crippen LogP contribution in [0, 0.1) is 0 Å². The second kappa shape index (κ2) is 12.0. The molecule has 0 aliphatic heterocycles. The Labute approximate surface area is 223 Å². The smallest absolute Gasteiger partial charge is 0.244 e. The lowest BCUT2D eigenvalue weighted by Crippen LogP contribution is -2.51. The van der Waals surface area contributed by atoms with Gasteiger partial charge in [0.25, 0.3) is 0 Å². The number of benzene rings is 2. The molecule has 1 aromatic heterocycles. The van der Waals surface area contributed by atoms with Crippen LogP contribution in [0.15, 0.2) is 70.2 Å². The molecule has 3 aromatic rings. The van der Waals surface area contributed by atoms with Gasteiger partial charge in [-0.1, -0.05) is 17.7 Å². The van der Waals surface area contributed by atoms with Crippen LogP contribution in [0.25, 0.3) is 0 Å². The highest BCUT2D eigenvalue weighted by atomic mass is 35.5. The van der Waals surface area contributed by atoms with E-state index in [0.717, 1.165) is 5.56 Å². The molecule has 200 valence electrons. The van der Waals surface area contributed by atoms with Gasteiger partial charge < -0.3 is 18.8 Å². The fourth-order valence-corrected chi connectivity index (χ4v) is 5.68. The highest BCUT2D eigenvalue weighted by Crippen LogP contribution is 2.28. The van der Waals surface area contributed by atoms with Crippen molar-refractivity contribution in [1.29, 1.82) is 0 Å². The van der Waals surface area contributed by atoms with Crippen molar-refractivity contribution in [2.75, 3.05) is 27.3 Å². The number of halogens is 1. The molecule has 8 nitrogen and oxygen atoms in total. The van der Waals surface area contributed by atoms with Crippen molar-refractivity contribution in [3.8, 4) is 11.5 Å². The first-order chi connectivity index (χ1) is 17.5. The normalized spacial score (nSPS) is 12.0. The average Bonchev–Trinajstić information content (AvgIpc) is 3.37. The molecule has 0 saturated heterocycles. The lowest BCUT2D eigenvalue weighted by atomic mass is 10.1. The Kier molecular flexibility index (Phi) is 9.28. The summed E-state index contributed by atoms with van der Waals surface area (Å²) in [5.74, 6) is 1.47. The molecule has 2 aromatic carbocycles. The molecule has 0 spiro atoms. The summed E-state index contributed by atoms with van der Waals surface area (Å²) in [6.07, 6.45) is 2.06. The molecule has 0 fully saturated rings. The largest absolute Gasteiger partial charge is 0.493 e. The van der Waals surface area contributed by atoms with Crippen LogP contribution in [-0.2, 0) is 27.8 Å². The van der Waals surface area contributed by atoms with Crippen molar-refractivity contribution in [2.24, 2.45) is 0 Å². The third-order valence-corrected chi connectivity index (χ3v) is 8.20. The molecule has 1 amide bonds. The summed E-state index contributed by atoms with van der Waals surface area (Å²) in [5, 5.41) is 0.428. The number of carbonyl (C=O) groups is 1. The van der Waals surface area contributed by atoms with Gasteiger partial charge in [-0.05, 0) is 81.3 Å². The predicted molar refractivity (Wildman–Crippen MR) is 142 cm³/mol. The van der Waals surface area contributed by atoms with Gasteiger partial charge in [0.1, 0.15) is 5.76 Å². The summed E-state index contributed by atoms with van der Waals surface area (Å²) < 4.78 is 44.5. The quantitative estimate of drug-likeness (QED) is 0.334. The topological polar surface area (TPSA) is 89.3 Å². The number of sulfonamides is 1. The number of rotatable bonds is 11. The van der Waals surface area contributed by atoms with E-state index in [4.69, 9.17) is 25.5 Å². The van der Waals surface area contributed by atoms with E-state index in [1.165, 1.54) is 28.6 Å². The van der Waals surface area contributed by atoms with Crippen molar-refractivity contribution in [3.05, 3.63) is 77.2 Å². The SMILES string of the molecule is COc1ccc(CCN(Cc2ccco2)C(=O)CN(C(C)(C)C)S(=O)(=O)c2ccc(Cl)cc2)cc1OC. The molecular formula is C27H33ClN2O6S. The molecule has 0 aliphatic carbocycles. The van der Waals surface area contributed by atoms with Crippen LogP contribution in [0.4, 0.5) is 0 Å². The zero-order valence-corrected chi connectivity index (χ0v) is 23.3. The second-order valence-electron chi connectivity index (χ2n) is 9.47. The molecule has 1 heterocycles. The molecular weight excluding hydrogens is 516 g/mol. The van der Waals surface area contributed by atoms with E-state index in [2.05, 4.69) is 0 Å². The standard InChI is InChI=1S/C27H33ClN2O6S/c1-27(2,3)30(37(32,33)23-11-9-21(28)10-12-23)19-26(31)29(18-22-7-6-16-36-22)15-14-20-8-13-24(34-4)25(17-20)35-5/h6-13,16-17H,14-15,18-19H2,1-5H3. The third kappa shape index (κ3) is 7.28. The minimum atomic E-state index is -3.98. The van der Waals surface area contributed by atoms with Crippen LogP contribution in [0.5, 0.6) is 11.5 Å². The summed E-state index contributed by atoms with van der Waals surface area (Å²) >= 11 is 5.95. The minimum absolute atomic E-state index is 0.0718. The van der Waals surface area contributed by atoms with E-state index in [1.807, 2.05) is 18.2 Å². The van der Waals surface area contributed by atoms with Gasteiger partial charge in [-0.2, -0.15) is 4.31 Å². The molecule has 0 bridgehead atoms. The predicted octanol–water partition coefficient (Wildman–Crippen LogP) is 5.01. The first-order valence-electron chi connectivity index (χ1n) is 11.7. The van der Waals surface area contributed by atoms with E-state index in [9.17, 15) is 13.2 Å². The molecule has 0 saturated carbocycles. The first kappa shape index (κ1) is 28.6. The maximum atomic E-state index is 13.6. The summed E-state index contributed by atoms with van der Waals surface area (Å²) in [6.45, 7) is 5.49. The highest BCUT2D eigenvalue weighted by molar-refractivity contribution is 7.89. The van der Waals surface area contributed by atoms with Crippen LogP contribution < -0.4 is 9.47 Å². The van der Waals surface area contributed by atoms with Crippen molar-refractivity contribution < 1.29 is 27.1 Å². The minimum Gasteiger partial charge on any atom is -0.493 e. The zero-order valence-electron chi connectivity index (χ0n) is 21.7. The van der Waals surface area contributed by atoms with Crippen LogP contribution in [0.3, 0.4) is 0 Å². The van der Waals surface area contributed by atoms with E-state index in [-0.39, 0.29) is 23.9 Å². The first-order valence-corrected chi connectivity index (χ1v) is 13.6. The number of furan rings is 1. The zero-order chi connectivity index (χ0) is 27.2. The third-order valence-electron chi connectivity index (χ3n) is 5.83. The summed E-state index contributed by atoms with van der Waals surface area (Å²) in [4.78, 5) is 15.3. The number of methoxy groups -OCH3 is 2. The van der Waals surface area contributed by atoms with Crippen molar-refractivity contribution in [2.45, 2.75) is 44.2 Å². The average molecular weight is 549 g/mol. The highest BCUT2D eigenvalue weighted by Gasteiger charge is 2.36. The number of hydrogen-bond acceptors (Lipinski definition) is 6. The van der Waals surface area contributed by atoms with Crippen molar-refractivity contribution >= 4 is 27.5 Å². The fourth-order valence-electron chi connectivity index (χ4n) is 3.82. The van der Waals surface area contributed by atoms with Gasteiger partial charge >= 0.3 is 0 Å². The molecule has 37 heavy (non-hydrogen) atoms. The Balaban J connectivity index is 1.86. The Morgan fingerprint density at radius 1 is 1.00 bits per heavy atom. The van der Waals surface area contributed by atoms with Crippen LogP contribution in [-0.4, -0.2) is 56.4 Å². The molecule has 0 unspecified atom stereocenters. The molecule has 3 rings (SSSR count). The van der Waals surface area contributed by atoms with Crippen LogP contribution in [0.1, 0.15) is 32.1 Å². The number of nitrogens with zero attached hydrogens (tertiary/aromatic N) is 2. The Morgan fingerprint density at radius 3 is 2.24 bits per heavy atom. The van der Waals surface area contributed by atoms with E-state index in [1.54, 1.807) is 58.3 Å². The molecule has 0 atom stereocenters. The summed E-state index contributed by atoms with van der Waals surface area (Å²) in [7, 11) is -0.841. The number of hydrogen-bond donors (Lipinski definition) is 0. The van der Waals surface area contributed by atoms with Crippen molar-refractivity contribution in [1.82, 2.24) is 9.21 Å². The van der Waals surface area contributed by atoms with Gasteiger partial charge in [-0.25, -0.2) is 8.42 Å². The van der Waals surface area contributed by atoms with Gasteiger partial charge in [0, 0.05) is 17.1 Å². The van der Waals surface area contributed by atoms with Gasteiger partial charge in [0.05, 0.1) is 38.5 Å². The summed E-state index contributed by atoms with van der Waals surface area (Å²) in [5.41, 5.74) is 0.0877. The summed E-state index contributed by atoms with van der Waals surface area (Å²) in [6, 6.07) is 15.0. The number of ether oxygens (including phenoxy) is 2. The fraction of sp³-hybridized carbons (Fsp3) is 0.370. The van der Waals surface area contributed by atoms with Gasteiger partial charge in [-0.15, -0.1) is 0 Å². The maximum absolute atomic E-state index is 13.6. The maximum Gasteiger partial charge on any atom is 0.244 e. The van der Waals surface area contributed by atoms with Crippen LogP contribution >= 0.6 is 11.6 Å². The van der Waals surface area contributed by atoms with Crippen LogP contribution in [0.2, 0.25) is 5.02 Å². The Morgan fingerprint density at radius 2 is 1.68 bits per heavy atom. The number of carbonyl (C=O) groups excluding carboxylic acids is 1. The lowest BCUT2D eigenvalue weighted by molar-refractivity contribution is -0.133. The Bertz CT molecular complexity index is 1290. The molecule has 0 radical (unpaired) electrons. The van der Waals surface area contributed by atoms with Gasteiger partial charge in [-0.3, -0.25) is 4.79 Å². The van der Waals surface area contributed by atoms with Crippen molar-refractivity contribution in [3.63, 3.8) is 0 Å². The molecule has 0 N–H and O–H groups in total. The Hall–Kier alpha value is -3.01. The molecule has 0 aliphatic rings. The second-order valence-corrected chi connectivity index (χ2v) is 11.8. The van der Waals surface area contributed by atoms with E-state index >= 15 is 0 Å². The molecule has 10 heteroatoms. The van der Waals surface area contributed by atoms with Gasteiger partial charge in [0.2, 0.25) is 15.9 Å². The lowest BCUT2D eigenvalue weighted by Gasteiger charge is -2.35. The van der Waals surface area contributed by atoms with E-state index < -0.39 is 15.6 Å². The monoisotopic (exact) mass is 548 g/mol. The number of amides is 1. The van der Waals surface area contributed by atoms with E-state index in [0.29, 0.717) is 35.2 Å². The van der Waals surface area contributed by atoms with Gasteiger partial charge in [0.15, 0.2) is 11.5 Å².